The molecule has 0 bridgehead atoms. The molecule has 0 aromatic heterocycles. The van der Waals surface area contributed by atoms with Crippen molar-refractivity contribution in [2.75, 3.05) is 0 Å². The summed E-state index contributed by atoms with van der Waals surface area (Å²) in [5.74, 6) is 0.0259. The number of amidine groups is 1. The van der Waals surface area contributed by atoms with E-state index in [0.29, 0.717) is 11.4 Å². The van der Waals surface area contributed by atoms with Crippen LogP contribution >= 0.6 is 0 Å². The number of carbonyl (C=O) groups excluding carboxylic acids is 1. The molecule has 21 heavy (non-hydrogen) atoms. The predicted molar refractivity (Wildman–Crippen MR) is 83.3 cm³/mol. The normalized spacial score (nSPS) is 13.8. The fourth-order valence-corrected chi connectivity index (χ4v) is 1.39. The number of phenolic OH excluding ortho intramolecular Hbond substituents is 1. The lowest BCUT2D eigenvalue weighted by Gasteiger charge is -1.97. The quantitative estimate of drug-likeness (QED) is 0.293. The van der Waals surface area contributed by atoms with Gasteiger partial charge in [-0.2, -0.15) is 5.10 Å². The van der Waals surface area contributed by atoms with Gasteiger partial charge in [-0.25, -0.2) is 4.99 Å². The molecule has 0 saturated heterocycles. The number of Topliss-reactive ketones (excluding diaryl/α,β-unsaturated/α-hetero) is 1. The van der Waals surface area contributed by atoms with Gasteiger partial charge in [0.05, 0.1) is 11.8 Å². The van der Waals surface area contributed by atoms with Gasteiger partial charge in [-0.05, 0) is 32.9 Å². The lowest BCUT2D eigenvalue weighted by molar-refractivity contribution is -0.113. The van der Waals surface area contributed by atoms with Crippen LogP contribution < -0.4 is 0 Å². The first-order valence-corrected chi connectivity index (χ1v) is 6.22. The fraction of sp³-hybridized carbons (Fsp3) is 0.200. The second-order valence-electron chi connectivity index (χ2n) is 4.26. The highest BCUT2D eigenvalue weighted by Crippen LogP contribution is 2.12. The Morgan fingerprint density at radius 2 is 1.86 bits per heavy atom. The van der Waals surface area contributed by atoms with Crippen LogP contribution in [0, 0.1) is 0 Å². The van der Waals surface area contributed by atoms with Gasteiger partial charge in [0.1, 0.15) is 17.3 Å². The highest BCUT2D eigenvalue weighted by molar-refractivity contribution is 6.14. The molecule has 6 heteroatoms. The molecule has 0 heterocycles. The molecule has 0 saturated carbocycles. The number of aliphatic hydroxyl groups excluding tert-OH is 1. The number of aliphatic imine (C=N–C) groups is 1. The minimum atomic E-state index is -0.288. The molecule has 1 aromatic rings. The summed E-state index contributed by atoms with van der Waals surface area (Å²) in [6.45, 7) is 4.35. The molecule has 0 aliphatic rings. The Hall–Kier alpha value is -2.76. The van der Waals surface area contributed by atoms with E-state index in [4.69, 9.17) is 0 Å². The number of carbonyl (C=O) groups is 1. The van der Waals surface area contributed by atoms with Crippen molar-refractivity contribution < 1.29 is 15.0 Å². The summed E-state index contributed by atoms with van der Waals surface area (Å²) in [5.41, 5.74) is 0.655. The third-order valence-electron chi connectivity index (χ3n) is 2.49. The number of hydrogen-bond acceptors (Lipinski definition) is 5. The predicted octanol–water partition coefficient (Wildman–Crippen LogP) is 2.64. The SMILES string of the molecule is CC(=O)C(C=N/C(C)=N\N=Cc1ccccc1O)=C(C)O. The lowest BCUT2D eigenvalue weighted by Crippen LogP contribution is -2.02. The van der Waals surface area contributed by atoms with Crippen LogP contribution in [0.4, 0.5) is 0 Å². The topological polar surface area (TPSA) is 94.6 Å². The van der Waals surface area contributed by atoms with Crippen molar-refractivity contribution in [2.45, 2.75) is 20.8 Å². The van der Waals surface area contributed by atoms with Gasteiger partial charge in [0.25, 0.3) is 0 Å². The van der Waals surface area contributed by atoms with Crippen LogP contribution in [0.2, 0.25) is 0 Å². The molecule has 0 amide bonds. The minimum Gasteiger partial charge on any atom is -0.512 e. The van der Waals surface area contributed by atoms with Crippen LogP contribution in [0.15, 0.2) is 50.8 Å². The number of aromatic hydroxyl groups is 1. The molecule has 0 fully saturated rings. The number of ketones is 1. The molecule has 1 rings (SSSR count). The third-order valence-corrected chi connectivity index (χ3v) is 2.49. The maximum Gasteiger partial charge on any atom is 0.164 e. The van der Waals surface area contributed by atoms with Gasteiger partial charge in [-0.15, -0.1) is 5.10 Å². The van der Waals surface area contributed by atoms with Crippen LogP contribution in [-0.4, -0.2) is 34.3 Å². The zero-order chi connectivity index (χ0) is 15.8. The zero-order valence-electron chi connectivity index (χ0n) is 12.1. The molecule has 0 unspecified atom stereocenters. The average Bonchev–Trinajstić information content (AvgIpc) is 2.40. The summed E-state index contributed by atoms with van der Waals surface area (Å²) in [6.07, 6.45) is 2.64. The second-order valence-corrected chi connectivity index (χ2v) is 4.26. The van der Waals surface area contributed by atoms with E-state index in [-0.39, 0.29) is 22.9 Å². The highest BCUT2D eigenvalue weighted by atomic mass is 16.3. The zero-order valence-corrected chi connectivity index (χ0v) is 12.1. The summed E-state index contributed by atoms with van der Waals surface area (Å²) in [5, 5.41) is 26.5. The van der Waals surface area contributed by atoms with E-state index >= 15 is 0 Å². The summed E-state index contributed by atoms with van der Waals surface area (Å²) in [7, 11) is 0. The van der Waals surface area contributed by atoms with Crippen molar-refractivity contribution in [1.82, 2.24) is 0 Å². The second kappa shape index (κ2) is 7.74. The number of phenols is 1. The van der Waals surface area contributed by atoms with Crippen LogP contribution in [0.1, 0.15) is 26.3 Å². The van der Waals surface area contributed by atoms with Crippen molar-refractivity contribution in [3.05, 3.63) is 41.2 Å². The Morgan fingerprint density at radius 3 is 2.43 bits per heavy atom. The molecule has 2 N–H and O–H groups in total. The Bertz CT molecular complexity index is 639. The number of nitrogens with zero attached hydrogens (tertiary/aromatic N) is 3. The monoisotopic (exact) mass is 287 g/mol. The molecule has 0 aliphatic carbocycles. The Labute approximate surface area is 122 Å². The molecular formula is C15H17N3O3. The molecular weight excluding hydrogens is 270 g/mol. The molecule has 110 valence electrons. The summed E-state index contributed by atoms with van der Waals surface area (Å²) < 4.78 is 0. The van der Waals surface area contributed by atoms with Crippen LogP contribution in [0.25, 0.3) is 0 Å². The van der Waals surface area contributed by atoms with Gasteiger partial charge in [0.15, 0.2) is 5.78 Å². The first-order valence-electron chi connectivity index (χ1n) is 6.22. The van der Waals surface area contributed by atoms with E-state index in [1.807, 2.05) is 0 Å². The maximum atomic E-state index is 11.2. The molecule has 0 aliphatic heterocycles. The molecule has 0 radical (unpaired) electrons. The van der Waals surface area contributed by atoms with E-state index < -0.39 is 0 Å². The number of para-hydroxylation sites is 1. The lowest BCUT2D eigenvalue weighted by atomic mass is 10.2. The Kier molecular flexibility index (Phi) is 6.00. The number of benzene rings is 1. The first-order chi connectivity index (χ1) is 9.91. The fourth-order valence-electron chi connectivity index (χ4n) is 1.39. The third kappa shape index (κ3) is 5.40. The summed E-state index contributed by atoms with van der Waals surface area (Å²) >= 11 is 0. The van der Waals surface area contributed by atoms with Crippen molar-refractivity contribution in [1.29, 1.82) is 0 Å². The van der Waals surface area contributed by atoms with Crippen molar-refractivity contribution in [2.24, 2.45) is 15.2 Å². The van der Waals surface area contributed by atoms with Crippen LogP contribution in [0.3, 0.4) is 0 Å². The van der Waals surface area contributed by atoms with Crippen LogP contribution in [0.5, 0.6) is 5.75 Å². The molecule has 0 atom stereocenters. The van der Waals surface area contributed by atoms with Crippen molar-refractivity contribution >= 4 is 24.0 Å². The molecule has 1 aromatic carbocycles. The van der Waals surface area contributed by atoms with E-state index in [0.717, 1.165) is 0 Å². The standard InChI is InChI=1S/C15H17N3O3/c1-10(19)14(11(2)20)9-16-12(3)18-17-8-13-6-4-5-7-15(13)21/h4-9,19,21H,1-3H3/b14-10?,16-9?,17-8?,18-12-. The number of allylic oxidation sites excluding steroid dienone is 2. The highest BCUT2D eigenvalue weighted by Gasteiger charge is 2.04. The van der Waals surface area contributed by atoms with Gasteiger partial charge in [-0.3, -0.25) is 4.79 Å². The Morgan fingerprint density at radius 1 is 1.19 bits per heavy atom. The van der Waals surface area contributed by atoms with Gasteiger partial charge in [0.2, 0.25) is 0 Å². The van der Waals surface area contributed by atoms with Gasteiger partial charge >= 0.3 is 0 Å². The van der Waals surface area contributed by atoms with E-state index in [9.17, 15) is 15.0 Å². The smallest absolute Gasteiger partial charge is 0.164 e. The first kappa shape index (κ1) is 16.3. The van der Waals surface area contributed by atoms with E-state index in [2.05, 4.69) is 15.2 Å². The number of rotatable bonds is 4. The largest absolute Gasteiger partial charge is 0.512 e. The number of aliphatic hydroxyl groups is 1. The molecule has 0 spiro atoms. The minimum absolute atomic E-state index is 0.100. The molecule has 6 nitrogen and oxygen atoms in total. The summed E-state index contributed by atoms with van der Waals surface area (Å²) in [6, 6.07) is 6.71. The maximum absolute atomic E-state index is 11.2. The number of hydrogen-bond donors (Lipinski definition) is 2. The van der Waals surface area contributed by atoms with Gasteiger partial charge in [-0.1, -0.05) is 12.1 Å². The van der Waals surface area contributed by atoms with E-state index in [1.54, 1.807) is 31.2 Å². The van der Waals surface area contributed by atoms with Crippen molar-refractivity contribution in [3.8, 4) is 5.75 Å². The summed E-state index contributed by atoms with van der Waals surface area (Å²) in [4.78, 5) is 15.2. The average molecular weight is 287 g/mol. The van der Waals surface area contributed by atoms with Gasteiger partial charge in [0, 0.05) is 11.8 Å². The van der Waals surface area contributed by atoms with E-state index in [1.165, 1.54) is 26.3 Å². The van der Waals surface area contributed by atoms with Gasteiger partial charge < -0.3 is 10.2 Å². The Balaban J connectivity index is 2.81. The van der Waals surface area contributed by atoms with Crippen LogP contribution in [-0.2, 0) is 4.79 Å². The van der Waals surface area contributed by atoms with Crippen molar-refractivity contribution in [3.63, 3.8) is 0 Å².